The molecule has 1 amide bonds. The number of ether oxygens (including phenoxy) is 1. The number of aryl methyl sites for hydroxylation is 1. The van der Waals surface area contributed by atoms with Crippen LogP contribution in [-0.2, 0) is 4.74 Å². The number of carbonyl (C=O) groups excluding carboxylic acids is 1. The van der Waals surface area contributed by atoms with Crippen molar-refractivity contribution < 1.29 is 13.9 Å². The van der Waals surface area contributed by atoms with Crippen molar-refractivity contribution in [3.8, 4) is 17.2 Å². The summed E-state index contributed by atoms with van der Waals surface area (Å²) in [4.78, 5) is 24.1. The zero-order valence-electron chi connectivity index (χ0n) is 18.2. The first kappa shape index (κ1) is 21.1. The summed E-state index contributed by atoms with van der Waals surface area (Å²) in [5.41, 5.74) is 3.65. The van der Waals surface area contributed by atoms with E-state index in [1.54, 1.807) is 41.2 Å². The van der Waals surface area contributed by atoms with Crippen molar-refractivity contribution in [2.24, 2.45) is 0 Å². The van der Waals surface area contributed by atoms with E-state index in [-0.39, 0.29) is 23.7 Å². The van der Waals surface area contributed by atoms with E-state index in [0.29, 0.717) is 30.4 Å². The second kappa shape index (κ2) is 8.55. The van der Waals surface area contributed by atoms with Gasteiger partial charge in [-0.2, -0.15) is 5.10 Å². The molecule has 0 radical (unpaired) electrons. The molecule has 0 spiro atoms. The van der Waals surface area contributed by atoms with E-state index in [2.05, 4.69) is 10.1 Å². The number of benzene rings is 1. The van der Waals surface area contributed by atoms with E-state index in [1.807, 2.05) is 20.8 Å². The number of rotatable bonds is 5. The fourth-order valence-electron chi connectivity index (χ4n) is 3.86. The third-order valence-corrected chi connectivity index (χ3v) is 5.62. The topological polar surface area (TPSA) is 73.1 Å². The van der Waals surface area contributed by atoms with Crippen molar-refractivity contribution in [1.29, 1.82) is 0 Å². The number of likely N-dealkylation sites (N-methyl/N-ethyl adjacent to an activating group) is 1. The van der Waals surface area contributed by atoms with Crippen molar-refractivity contribution in [2.45, 2.75) is 39.2 Å². The molecular formula is C23H26FN5O2. The van der Waals surface area contributed by atoms with Gasteiger partial charge < -0.3 is 9.64 Å². The van der Waals surface area contributed by atoms with Crippen LogP contribution in [0.25, 0.3) is 17.2 Å². The molecule has 1 aromatic carbocycles. The van der Waals surface area contributed by atoms with Gasteiger partial charge in [0, 0.05) is 25.4 Å². The van der Waals surface area contributed by atoms with Crippen molar-refractivity contribution in [3.05, 3.63) is 59.3 Å². The van der Waals surface area contributed by atoms with Crippen molar-refractivity contribution in [2.75, 3.05) is 20.3 Å². The quantitative estimate of drug-likeness (QED) is 0.625. The maximum Gasteiger partial charge on any atom is 0.257 e. The van der Waals surface area contributed by atoms with E-state index in [4.69, 9.17) is 9.72 Å². The van der Waals surface area contributed by atoms with Gasteiger partial charge in [-0.25, -0.2) is 19.0 Å². The molecule has 0 aliphatic carbocycles. The van der Waals surface area contributed by atoms with Gasteiger partial charge in [0.2, 0.25) is 0 Å². The molecular weight excluding hydrogens is 397 g/mol. The highest BCUT2D eigenvalue weighted by Gasteiger charge is 2.29. The fraction of sp³-hybridized carbons (Fsp3) is 0.391. The van der Waals surface area contributed by atoms with Crippen molar-refractivity contribution in [3.63, 3.8) is 0 Å². The van der Waals surface area contributed by atoms with Crippen molar-refractivity contribution in [1.82, 2.24) is 24.6 Å². The van der Waals surface area contributed by atoms with Gasteiger partial charge in [-0.05, 0) is 49.1 Å². The maximum atomic E-state index is 13.4. The maximum absolute atomic E-state index is 13.4. The van der Waals surface area contributed by atoms with Crippen LogP contribution in [0.4, 0.5) is 4.39 Å². The normalized spacial score (nSPS) is 16.1. The Morgan fingerprint density at radius 3 is 2.65 bits per heavy atom. The Morgan fingerprint density at radius 1 is 1.26 bits per heavy atom. The number of hydrogen-bond acceptors (Lipinski definition) is 5. The summed E-state index contributed by atoms with van der Waals surface area (Å²) in [6.45, 7) is 7.15. The van der Waals surface area contributed by atoms with E-state index in [1.165, 1.54) is 12.1 Å². The third kappa shape index (κ3) is 4.07. The molecule has 0 saturated carbocycles. The molecule has 4 rings (SSSR count). The van der Waals surface area contributed by atoms with E-state index < -0.39 is 0 Å². The fourth-order valence-corrected chi connectivity index (χ4v) is 3.86. The molecule has 2 aromatic heterocycles. The first-order valence-corrected chi connectivity index (χ1v) is 10.4. The zero-order chi connectivity index (χ0) is 22.1. The zero-order valence-corrected chi connectivity index (χ0v) is 18.2. The van der Waals surface area contributed by atoms with Gasteiger partial charge in [-0.15, -0.1) is 0 Å². The summed E-state index contributed by atoms with van der Waals surface area (Å²) in [6, 6.07) is 6.26. The van der Waals surface area contributed by atoms with Gasteiger partial charge in [0.05, 0.1) is 35.8 Å². The summed E-state index contributed by atoms with van der Waals surface area (Å²) in [7, 11) is 1.80. The predicted molar refractivity (Wildman–Crippen MR) is 115 cm³/mol. The molecule has 1 aliphatic rings. The van der Waals surface area contributed by atoms with Gasteiger partial charge in [-0.3, -0.25) is 4.79 Å². The van der Waals surface area contributed by atoms with Crippen LogP contribution in [0.5, 0.6) is 0 Å². The summed E-state index contributed by atoms with van der Waals surface area (Å²) in [5.74, 6) is 0.00879. The molecule has 162 valence electrons. The van der Waals surface area contributed by atoms with Crippen LogP contribution in [0.2, 0.25) is 0 Å². The lowest BCUT2D eigenvalue weighted by molar-refractivity contribution is 0.0709. The second-order valence-electron chi connectivity index (χ2n) is 8.15. The van der Waals surface area contributed by atoms with Gasteiger partial charge in [0.25, 0.3) is 11.9 Å². The van der Waals surface area contributed by atoms with Crippen molar-refractivity contribution >= 4 is 5.91 Å². The first-order chi connectivity index (χ1) is 14.9. The highest BCUT2D eigenvalue weighted by molar-refractivity contribution is 5.95. The van der Waals surface area contributed by atoms with Crippen LogP contribution in [0, 0.1) is 12.7 Å². The number of aromatic nitrogens is 4. The smallest absolute Gasteiger partial charge is 0.257 e. The predicted octanol–water partition coefficient (Wildman–Crippen LogP) is 3.76. The van der Waals surface area contributed by atoms with Gasteiger partial charge in [0.1, 0.15) is 5.82 Å². The van der Waals surface area contributed by atoms with Crippen LogP contribution < -0.4 is 0 Å². The average molecular weight is 423 g/mol. The second-order valence-corrected chi connectivity index (χ2v) is 8.15. The number of carbonyl (C=O) groups is 1. The minimum absolute atomic E-state index is 0.0221. The lowest BCUT2D eigenvalue weighted by Crippen LogP contribution is -2.37. The summed E-state index contributed by atoms with van der Waals surface area (Å²) >= 11 is 0. The number of amides is 1. The average Bonchev–Trinajstić information content (AvgIpc) is 3.44. The number of halogens is 1. The van der Waals surface area contributed by atoms with E-state index >= 15 is 0 Å². The van der Waals surface area contributed by atoms with Crippen LogP contribution in [0.3, 0.4) is 0 Å². The molecule has 7 nitrogen and oxygen atoms in total. The standard InChI is InChI=1S/C23H26FN5O2/c1-14(2)21-19(22(30)28(4)18-9-10-31-13-18)12-26-29(21)23-25-11-15(3)20(27-23)16-5-7-17(24)8-6-16/h5-8,11-12,14,18H,9-10,13H2,1-4H3/t18-/m1/s1. The lowest BCUT2D eigenvalue weighted by atomic mass is 10.0. The molecule has 31 heavy (non-hydrogen) atoms. The Bertz CT molecular complexity index is 1090. The minimum Gasteiger partial charge on any atom is -0.379 e. The summed E-state index contributed by atoms with van der Waals surface area (Å²) < 4.78 is 20.4. The largest absolute Gasteiger partial charge is 0.379 e. The number of hydrogen-bond donors (Lipinski definition) is 0. The molecule has 1 atom stereocenters. The summed E-state index contributed by atoms with van der Waals surface area (Å²) in [5, 5.41) is 4.47. The molecule has 3 heterocycles. The Kier molecular flexibility index (Phi) is 5.82. The van der Waals surface area contributed by atoms with E-state index in [9.17, 15) is 9.18 Å². The van der Waals surface area contributed by atoms with Crippen LogP contribution in [0.15, 0.2) is 36.7 Å². The Hall–Kier alpha value is -3.13. The molecule has 0 N–H and O–H groups in total. The Labute approximate surface area is 180 Å². The molecule has 1 fully saturated rings. The van der Waals surface area contributed by atoms with Gasteiger partial charge in [-0.1, -0.05) is 13.8 Å². The lowest BCUT2D eigenvalue weighted by Gasteiger charge is -2.23. The SMILES string of the molecule is Cc1cnc(-n2ncc(C(=O)N(C)[C@@H]3CCOC3)c2C(C)C)nc1-c1ccc(F)cc1. The van der Waals surface area contributed by atoms with Crippen LogP contribution in [-0.4, -0.2) is 56.9 Å². The van der Waals surface area contributed by atoms with Crippen LogP contribution >= 0.6 is 0 Å². The first-order valence-electron chi connectivity index (χ1n) is 10.4. The highest BCUT2D eigenvalue weighted by Crippen LogP contribution is 2.26. The molecule has 0 unspecified atom stereocenters. The Balaban J connectivity index is 1.74. The van der Waals surface area contributed by atoms with Crippen LogP contribution in [0.1, 0.15) is 47.8 Å². The third-order valence-electron chi connectivity index (χ3n) is 5.62. The minimum atomic E-state index is -0.301. The number of nitrogens with zero attached hydrogens (tertiary/aromatic N) is 5. The molecule has 1 saturated heterocycles. The monoisotopic (exact) mass is 423 g/mol. The highest BCUT2D eigenvalue weighted by atomic mass is 19.1. The molecule has 8 heteroatoms. The molecule has 0 bridgehead atoms. The molecule has 1 aliphatic heterocycles. The molecule has 3 aromatic rings. The Morgan fingerprint density at radius 2 is 2.00 bits per heavy atom. The van der Waals surface area contributed by atoms with Gasteiger partial charge >= 0.3 is 0 Å². The van der Waals surface area contributed by atoms with Gasteiger partial charge in [0.15, 0.2) is 0 Å². The summed E-state index contributed by atoms with van der Waals surface area (Å²) in [6.07, 6.45) is 4.14. The van der Waals surface area contributed by atoms with E-state index in [0.717, 1.165) is 23.2 Å².